The molecule has 30 heavy (non-hydrogen) atoms. The molecule has 1 saturated heterocycles. The molecule has 1 fully saturated rings. The van der Waals surface area contributed by atoms with Crippen LogP contribution in [-0.4, -0.2) is 52.6 Å². The Bertz CT molecular complexity index is 864. The number of ether oxygens (including phenoxy) is 2. The Kier molecular flexibility index (Phi) is 6.89. The first kappa shape index (κ1) is 22.0. The van der Waals surface area contributed by atoms with Gasteiger partial charge in [-0.1, -0.05) is 6.92 Å². The van der Waals surface area contributed by atoms with E-state index in [1.54, 1.807) is 12.1 Å². The molecule has 1 aliphatic rings. The van der Waals surface area contributed by atoms with E-state index < -0.39 is 11.7 Å². The van der Waals surface area contributed by atoms with Crippen molar-refractivity contribution in [1.29, 1.82) is 0 Å². The van der Waals surface area contributed by atoms with Crippen molar-refractivity contribution in [3.63, 3.8) is 0 Å². The van der Waals surface area contributed by atoms with Crippen molar-refractivity contribution in [3.05, 3.63) is 36.0 Å². The number of amides is 1. The van der Waals surface area contributed by atoms with Gasteiger partial charge >= 0.3 is 6.09 Å². The summed E-state index contributed by atoms with van der Waals surface area (Å²) >= 11 is 0. The summed E-state index contributed by atoms with van der Waals surface area (Å²) in [5.41, 5.74) is 1.41. The van der Waals surface area contributed by atoms with E-state index in [9.17, 15) is 9.90 Å². The highest BCUT2D eigenvalue weighted by molar-refractivity contribution is 5.85. The molecule has 1 atom stereocenters. The Morgan fingerprint density at radius 1 is 1.30 bits per heavy atom. The van der Waals surface area contributed by atoms with E-state index >= 15 is 0 Å². The zero-order valence-electron chi connectivity index (χ0n) is 18.0. The standard InChI is InChI=1S/C22H30N4O4/c1-5-18-14-29-11-10-26(18)19-12-17(13-27)23-20(25-19)15-6-8-16(9-7-15)24-21(28)30-22(2,3)4/h6-9,12,18,27H,5,10-11,13-14H2,1-4H3,(H,24,28)/t18-/m0/s1. The summed E-state index contributed by atoms with van der Waals surface area (Å²) in [5.74, 6) is 1.32. The summed E-state index contributed by atoms with van der Waals surface area (Å²) in [4.78, 5) is 23.4. The molecule has 1 aromatic heterocycles. The van der Waals surface area contributed by atoms with Crippen molar-refractivity contribution in [3.8, 4) is 11.4 Å². The number of aliphatic hydroxyl groups excluding tert-OH is 1. The Hall–Kier alpha value is -2.71. The van der Waals surface area contributed by atoms with Crippen molar-refractivity contribution < 1.29 is 19.4 Å². The molecule has 0 aliphatic carbocycles. The third kappa shape index (κ3) is 5.67. The normalized spacial score (nSPS) is 17.0. The van der Waals surface area contributed by atoms with Crippen LogP contribution in [-0.2, 0) is 16.1 Å². The molecule has 2 aromatic rings. The van der Waals surface area contributed by atoms with Gasteiger partial charge < -0.3 is 19.5 Å². The topological polar surface area (TPSA) is 96.8 Å². The Labute approximate surface area is 177 Å². The largest absolute Gasteiger partial charge is 0.444 e. The maximum Gasteiger partial charge on any atom is 0.412 e. The number of benzene rings is 1. The van der Waals surface area contributed by atoms with Gasteiger partial charge in [0.25, 0.3) is 0 Å². The number of nitrogens with one attached hydrogen (secondary N) is 1. The maximum atomic E-state index is 11.9. The lowest BCUT2D eigenvalue weighted by molar-refractivity contribution is 0.0636. The van der Waals surface area contributed by atoms with Gasteiger partial charge in [0.1, 0.15) is 11.4 Å². The molecule has 3 rings (SSSR count). The molecule has 1 amide bonds. The lowest BCUT2D eigenvalue weighted by atomic mass is 10.1. The van der Waals surface area contributed by atoms with Crippen molar-refractivity contribution in [2.24, 2.45) is 0 Å². The van der Waals surface area contributed by atoms with Crippen LogP contribution in [0.2, 0.25) is 0 Å². The van der Waals surface area contributed by atoms with Crippen LogP contribution in [0.15, 0.2) is 30.3 Å². The third-order valence-electron chi connectivity index (χ3n) is 4.71. The molecule has 8 nitrogen and oxygen atoms in total. The Morgan fingerprint density at radius 2 is 2.03 bits per heavy atom. The van der Waals surface area contributed by atoms with E-state index in [1.165, 1.54) is 0 Å². The van der Waals surface area contributed by atoms with Crippen molar-refractivity contribution in [2.75, 3.05) is 30.0 Å². The number of aliphatic hydroxyl groups is 1. The van der Waals surface area contributed by atoms with Crippen molar-refractivity contribution in [2.45, 2.75) is 52.4 Å². The molecule has 0 bridgehead atoms. The number of hydrogen-bond donors (Lipinski definition) is 2. The van der Waals surface area contributed by atoms with Gasteiger partial charge in [-0.3, -0.25) is 5.32 Å². The van der Waals surface area contributed by atoms with Crippen LogP contribution in [0.4, 0.5) is 16.3 Å². The van der Waals surface area contributed by atoms with E-state index in [4.69, 9.17) is 14.5 Å². The van der Waals surface area contributed by atoms with E-state index in [1.807, 2.05) is 39.0 Å². The molecule has 162 valence electrons. The highest BCUT2D eigenvalue weighted by Crippen LogP contribution is 2.25. The summed E-state index contributed by atoms with van der Waals surface area (Å²) in [7, 11) is 0. The first-order valence-electron chi connectivity index (χ1n) is 10.2. The zero-order valence-corrected chi connectivity index (χ0v) is 18.0. The number of anilines is 2. The molecule has 0 spiro atoms. The third-order valence-corrected chi connectivity index (χ3v) is 4.71. The fraction of sp³-hybridized carbons (Fsp3) is 0.500. The maximum absolute atomic E-state index is 11.9. The molecular weight excluding hydrogens is 384 g/mol. The zero-order chi connectivity index (χ0) is 21.7. The summed E-state index contributed by atoms with van der Waals surface area (Å²) in [6, 6.07) is 9.30. The number of carbonyl (C=O) groups excluding carboxylic acids is 1. The highest BCUT2D eigenvalue weighted by Gasteiger charge is 2.24. The quantitative estimate of drug-likeness (QED) is 0.771. The number of aromatic nitrogens is 2. The van der Waals surface area contributed by atoms with Gasteiger partial charge in [0, 0.05) is 23.9 Å². The average Bonchev–Trinajstić information content (AvgIpc) is 2.72. The van der Waals surface area contributed by atoms with Crippen molar-refractivity contribution >= 4 is 17.6 Å². The van der Waals surface area contributed by atoms with Crippen LogP contribution in [0.25, 0.3) is 11.4 Å². The van der Waals surface area contributed by atoms with Crippen LogP contribution >= 0.6 is 0 Å². The minimum Gasteiger partial charge on any atom is -0.444 e. The van der Waals surface area contributed by atoms with Gasteiger partial charge in [0.2, 0.25) is 0 Å². The predicted molar refractivity (Wildman–Crippen MR) is 115 cm³/mol. The van der Waals surface area contributed by atoms with Crippen LogP contribution in [0.1, 0.15) is 39.8 Å². The van der Waals surface area contributed by atoms with Gasteiger partial charge in [0.15, 0.2) is 5.82 Å². The number of morpholine rings is 1. The average molecular weight is 415 g/mol. The summed E-state index contributed by atoms with van der Waals surface area (Å²) in [6.45, 7) is 9.46. The second-order valence-corrected chi connectivity index (χ2v) is 8.23. The van der Waals surface area contributed by atoms with Crippen LogP contribution < -0.4 is 10.2 Å². The number of carbonyl (C=O) groups is 1. The van der Waals surface area contributed by atoms with E-state index in [0.717, 1.165) is 24.3 Å². The second-order valence-electron chi connectivity index (χ2n) is 8.23. The fourth-order valence-electron chi connectivity index (χ4n) is 3.26. The van der Waals surface area contributed by atoms with Crippen LogP contribution in [0, 0.1) is 0 Å². The van der Waals surface area contributed by atoms with E-state index in [2.05, 4.69) is 22.1 Å². The minimum absolute atomic E-state index is 0.165. The fourth-order valence-corrected chi connectivity index (χ4v) is 3.26. The molecular formula is C22H30N4O4. The first-order valence-corrected chi connectivity index (χ1v) is 10.2. The van der Waals surface area contributed by atoms with Crippen molar-refractivity contribution in [1.82, 2.24) is 9.97 Å². The van der Waals surface area contributed by atoms with Crippen LogP contribution in [0.5, 0.6) is 0 Å². The molecule has 0 unspecified atom stereocenters. The smallest absolute Gasteiger partial charge is 0.412 e. The number of rotatable bonds is 5. The minimum atomic E-state index is -0.561. The van der Waals surface area contributed by atoms with Gasteiger partial charge in [0.05, 0.1) is 31.6 Å². The predicted octanol–water partition coefficient (Wildman–Crippen LogP) is 3.60. The Balaban J connectivity index is 1.82. The second kappa shape index (κ2) is 9.40. The lowest BCUT2D eigenvalue weighted by Gasteiger charge is -2.36. The molecule has 1 aliphatic heterocycles. The molecule has 2 N–H and O–H groups in total. The molecule has 0 radical (unpaired) electrons. The number of nitrogens with zero attached hydrogens (tertiary/aromatic N) is 3. The Morgan fingerprint density at radius 3 is 2.67 bits per heavy atom. The summed E-state index contributed by atoms with van der Waals surface area (Å²) in [5, 5.41) is 12.4. The lowest BCUT2D eigenvalue weighted by Crippen LogP contribution is -2.45. The first-order chi connectivity index (χ1) is 14.3. The van der Waals surface area contributed by atoms with Gasteiger partial charge in [-0.15, -0.1) is 0 Å². The number of hydrogen-bond acceptors (Lipinski definition) is 7. The van der Waals surface area contributed by atoms with E-state index in [0.29, 0.717) is 30.4 Å². The highest BCUT2D eigenvalue weighted by atomic mass is 16.6. The molecule has 0 saturated carbocycles. The van der Waals surface area contributed by atoms with E-state index in [-0.39, 0.29) is 12.6 Å². The summed E-state index contributed by atoms with van der Waals surface area (Å²) in [6.07, 6.45) is 0.438. The monoisotopic (exact) mass is 414 g/mol. The molecule has 2 heterocycles. The molecule has 8 heteroatoms. The van der Waals surface area contributed by atoms with Gasteiger partial charge in [-0.05, 0) is 51.5 Å². The molecule has 1 aromatic carbocycles. The van der Waals surface area contributed by atoms with Crippen LogP contribution in [0.3, 0.4) is 0 Å². The SMILES string of the molecule is CC[C@H]1COCCN1c1cc(CO)nc(-c2ccc(NC(=O)OC(C)(C)C)cc2)n1. The summed E-state index contributed by atoms with van der Waals surface area (Å²) < 4.78 is 10.9. The van der Waals surface area contributed by atoms with Gasteiger partial charge in [-0.2, -0.15) is 0 Å². The van der Waals surface area contributed by atoms with Gasteiger partial charge in [-0.25, -0.2) is 14.8 Å².